The van der Waals surface area contributed by atoms with E-state index in [4.69, 9.17) is 9.84 Å². The van der Waals surface area contributed by atoms with Crippen LogP contribution in [-0.2, 0) is 14.3 Å². The van der Waals surface area contributed by atoms with Gasteiger partial charge in [0.25, 0.3) is 0 Å². The Labute approximate surface area is 105 Å². The van der Waals surface area contributed by atoms with Crippen LogP contribution in [0.25, 0.3) is 0 Å². The van der Waals surface area contributed by atoms with Crippen LogP contribution >= 0.6 is 11.8 Å². The molecule has 1 rings (SSSR count). The maximum Gasteiger partial charge on any atom is 0.327 e. The van der Waals surface area contributed by atoms with Crippen molar-refractivity contribution in [3.8, 4) is 0 Å². The van der Waals surface area contributed by atoms with Crippen LogP contribution in [0, 0.1) is 0 Å². The Bertz CT molecular complexity index is 300. The lowest BCUT2D eigenvalue weighted by atomic mass is 10.2. The molecule has 98 valence electrons. The van der Waals surface area contributed by atoms with Gasteiger partial charge < -0.3 is 14.7 Å². The van der Waals surface area contributed by atoms with Gasteiger partial charge >= 0.3 is 5.97 Å². The molecule has 1 atom stereocenters. The summed E-state index contributed by atoms with van der Waals surface area (Å²) in [7, 11) is 0. The predicted molar refractivity (Wildman–Crippen MR) is 66.2 cm³/mol. The Morgan fingerprint density at radius 1 is 1.47 bits per heavy atom. The standard InChI is InChI=1S/C11H19NO4S/c1-11(2,3)16-6-9(13)12-4-5-17-7-8(12)10(14)15/h8H,4-7H2,1-3H3,(H,14,15). The highest BCUT2D eigenvalue weighted by atomic mass is 32.2. The van der Waals surface area contributed by atoms with Crippen molar-refractivity contribution in [3.63, 3.8) is 0 Å². The molecule has 0 bridgehead atoms. The first-order valence-corrected chi connectivity index (χ1v) is 6.71. The minimum atomic E-state index is -0.943. The van der Waals surface area contributed by atoms with Gasteiger partial charge in [0.15, 0.2) is 0 Å². The van der Waals surface area contributed by atoms with E-state index in [1.54, 1.807) is 11.8 Å². The van der Waals surface area contributed by atoms with Gasteiger partial charge in [0.2, 0.25) is 5.91 Å². The van der Waals surface area contributed by atoms with E-state index in [0.717, 1.165) is 5.75 Å². The molecule has 1 saturated heterocycles. The molecule has 0 aromatic heterocycles. The average molecular weight is 261 g/mol. The van der Waals surface area contributed by atoms with Crippen molar-refractivity contribution in [2.45, 2.75) is 32.4 Å². The third-order valence-corrected chi connectivity index (χ3v) is 3.39. The van der Waals surface area contributed by atoms with Gasteiger partial charge in [-0.3, -0.25) is 4.79 Å². The SMILES string of the molecule is CC(C)(C)OCC(=O)N1CCSCC1C(=O)O. The fraction of sp³-hybridized carbons (Fsp3) is 0.818. The number of aliphatic carboxylic acids is 1. The maximum atomic E-state index is 11.9. The highest BCUT2D eigenvalue weighted by molar-refractivity contribution is 7.99. The summed E-state index contributed by atoms with van der Waals surface area (Å²) >= 11 is 1.56. The summed E-state index contributed by atoms with van der Waals surface area (Å²) in [5.74, 6) is 0.0516. The number of carbonyl (C=O) groups is 2. The van der Waals surface area contributed by atoms with Crippen LogP contribution in [0.2, 0.25) is 0 Å². The second kappa shape index (κ2) is 5.73. The van der Waals surface area contributed by atoms with Crippen molar-refractivity contribution >= 4 is 23.6 Å². The number of thioether (sulfide) groups is 1. The average Bonchev–Trinajstić information content (AvgIpc) is 2.25. The molecular formula is C11H19NO4S. The van der Waals surface area contributed by atoms with Crippen LogP contribution in [0.3, 0.4) is 0 Å². The zero-order valence-electron chi connectivity index (χ0n) is 10.4. The van der Waals surface area contributed by atoms with E-state index >= 15 is 0 Å². The third kappa shape index (κ3) is 4.55. The first-order valence-electron chi connectivity index (χ1n) is 5.55. The molecular weight excluding hydrogens is 242 g/mol. The number of ether oxygens (including phenoxy) is 1. The minimum Gasteiger partial charge on any atom is -0.480 e. The van der Waals surface area contributed by atoms with E-state index in [-0.39, 0.29) is 18.1 Å². The van der Waals surface area contributed by atoms with Crippen LogP contribution in [-0.4, -0.2) is 58.2 Å². The first-order chi connectivity index (χ1) is 7.81. The molecule has 1 aliphatic heterocycles. The zero-order valence-corrected chi connectivity index (χ0v) is 11.2. The van der Waals surface area contributed by atoms with Crippen LogP contribution in [0.4, 0.5) is 0 Å². The molecule has 0 aromatic carbocycles. The van der Waals surface area contributed by atoms with Crippen molar-refractivity contribution in [2.75, 3.05) is 24.7 Å². The summed E-state index contributed by atoms with van der Waals surface area (Å²) in [4.78, 5) is 24.3. The van der Waals surface area contributed by atoms with Gasteiger partial charge in [-0.2, -0.15) is 11.8 Å². The molecule has 0 saturated carbocycles. The van der Waals surface area contributed by atoms with Crippen LogP contribution in [0.5, 0.6) is 0 Å². The van der Waals surface area contributed by atoms with Crippen molar-refractivity contribution in [3.05, 3.63) is 0 Å². The summed E-state index contributed by atoms with van der Waals surface area (Å²) < 4.78 is 5.38. The first kappa shape index (κ1) is 14.3. The van der Waals surface area contributed by atoms with E-state index in [2.05, 4.69) is 0 Å². The second-order valence-corrected chi connectivity index (χ2v) is 6.07. The molecule has 0 radical (unpaired) electrons. The van der Waals surface area contributed by atoms with Gasteiger partial charge in [-0.15, -0.1) is 0 Å². The summed E-state index contributed by atoms with van der Waals surface area (Å²) in [5, 5.41) is 9.04. The van der Waals surface area contributed by atoms with Gasteiger partial charge in [-0.25, -0.2) is 4.79 Å². The molecule has 1 fully saturated rings. The number of carboxylic acids is 1. The number of carboxylic acid groups (broad SMARTS) is 1. The fourth-order valence-electron chi connectivity index (χ4n) is 1.47. The number of carbonyl (C=O) groups excluding carboxylic acids is 1. The van der Waals surface area contributed by atoms with Crippen LogP contribution in [0.15, 0.2) is 0 Å². The molecule has 5 nitrogen and oxygen atoms in total. The second-order valence-electron chi connectivity index (χ2n) is 4.92. The van der Waals surface area contributed by atoms with Gasteiger partial charge in [-0.1, -0.05) is 0 Å². The largest absolute Gasteiger partial charge is 0.480 e. The number of hydrogen-bond acceptors (Lipinski definition) is 4. The van der Waals surface area contributed by atoms with E-state index < -0.39 is 12.0 Å². The topological polar surface area (TPSA) is 66.8 Å². The monoisotopic (exact) mass is 261 g/mol. The summed E-state index contributed by atoms with van der Waals surface area (Å²) in [6, 6.07) is -0.718. The molecule has 1 heterocycles. The summed E-state index contributed by atoms with van der Waals surface area (Å²) in [6.45, 7) is 6.01. The predicted octanol–water partition coefficient (Wildman–Crippen LogP) is 0.830. The zero-order chi connectivity index (χ0) is 13.1. The normalized spacial score (nSPS) is 21.4. The molecule has 0 aromatic rings. The third-order valence-electron chi connectivity index (χ3n) is 2.36. The smallest absolute Gasteiger partial charge is 0.327 e. The number of nitrogens with zero attached hydrogens (tertiary/aromatic N) is 1. The van der Waals surface area contributed by atoms with E-state index in [9.17, 15) is 9.59 Å². The van der Waals surface area contributed by atoms with Crippen LogP contribution in [0.1, 0.15) is 20.8 Å². The Kier molecular flexibility index (Phi) is 4.82. The van der Waals surface area contributed by atoms with Crippen molar-refractivity contribution in [1.29, 1.82) is 0 Å². The number of amides is 1. The van der Waals surface area contributed by atoms with Crippen LogP contribution < -0.4 is 0 Å². The van der Waals surface area contributed by atoms with Gasteiger partial charge in [-0.05, 0) is 20.8 Å². The minimum absolute atomic E-state index is 0.0576. The Hall–Kier alpha value is -0.750. The maximum absolute atomic E-state index is 11.9. The number of rotatable bonds is 3. The van der Waals surface area contributed by atoms with Gasteiger partial charge in [0.05, 0.1) is 5.60 Å². The molecule has 1 N–H and O–H groups in total. The summed E-state index contributed by atoms with van der Waals surface area (Å²) in [6.07, 6.45) is 0. The molecule has 17 heavy (non-hydrogen) atoms. The quantitative estimate of drug-likeness (QED) is 0.815. The Morgan fingerprint density at radius 3 is 2.65 bits per heavy atom. The van der Waals surface area contributed by atoms with Gasteiger partial charge in [0.1, 0.15) is 12.6 Å². The number of hydrogen-bond donors (Lipinski definition) is 1. The van der Waals surface area contributed by atoms with Crippen molar-refractivity contribution < 1.29 is 19.4 Å². The molecule has 0 spiro atoms. The van der Waals surface area contributed by atoms with E-state index in [1.807, 2.05) is 20.8 Å². The van der Waals surface area contributed by atoms with E-state index in [1.165, 1.54) is 4.90 Å². The van der Waals surface area contributed by atoms with E-state index in [0.29, 0.717) is 12.3 Å². The molecule has 1 unspecified atom stereocenters. The Balaban J connectivity index is 2.56. The lowest BCUT2D eigenvalue weighted by molar-refractivity contribution is -0.153. The molecule has 1 amide bonds. The molecule has 1 aliphatic rings. The highest BCUT2D eigenvalue weighted by Gasteiger charge is 2.32. The van der Waals surface area contributed by atoms with Crippen molar-refractivity contribution in [1.82, 2.24) is 4.90 Å². The lowest BCUT2D eigenvalue weighted by Gasteiger charge is -2.33. The molecule has 6 heteroatoms. The fourth-order valence-corrected chi connectivity index (χ4v) is 2.51. The Morgan fingerprint density at radius 2 is 2.12 bits per heavy atom. The lowest BCUT2D eigenvalue weighted by Crippen LogP contribution is -2.51. The molecule has 0 aliphatic carbocycles. The van der Waals surface area contributed by atoms with Crippen molar-refractivity contribution in [2.24, 2.45) is 0 Å². The van der Waals surface area contributed by atoms with Gasteiger partial charge in [0, 0.05) is 18.1 Å². The highest BCUT2D eigenvalue weighted by Crippen LogP contribution is 2.17. The summed E-state index contributed by atoms with van der Waals surface area (Å²) in [5.41, 5.74) is -0.390.